The fourth-order valence-corrected chi connectivity index (χ4v) is 3.03. The molecule has 2 rings (SSSR count). The molecule has 0 radical (unpaired) electrons. The van der Waals surface area contributed by atoms with E-state index in [-0.39, 0.29) is 25.0 Å². The van der Waals surface area contributed by atoms with Crippen molar-refractivity contribution in [1.29, 1.82) is 0 Å². The van der Waals surface area contributed by atoms with Crippen molar-refractivity contribution in [3.8, 4) is 5.75 Å². The number of nitrogens with one attached hydrogen (secondary N) is 1. The number of hydrogen-bond donors (Lipinski definition) is 1. The fraction of sp³-hybridized carbons (Fsp3) is 0.391. The molecule has 6 heteroatoms. The maximum atomic E-state index is 13.0. The summed E-state index contributed by atoms with van der Waals surface area (Å²) in [6.07, 6.45) is 1.77. The zero-order chi connectivity index (χ0) is 21.2. The molecule has 0 spiro atoms. The Hall–Kier alpha value is -2.53. The molecule has 29 heavy (non-hydrogen) atoms. The van der Waals surface area contributed by atoms with Gasteiger partial charge in [0.1, 0.15) is 11.8 Å². The summed E-state index contributed by atoms with van der Waals surface area (Å²) in [4.78, 5) is 26.9. The Kier molecular flexibility index (Phi) is 9.00. The summed E-state index contributed by atoms with van der Waals surface area (Å²) < 4.78 is 5.67. The van der Waals surface area contributed by atoms with Gasteiger partial charge in [0.2, 0.25) is 5.91 Å². The van der Waals surface area contributed by atoms with Crippen molar-refractivity contribution in [1.82, 2.24) is 10.2 Å². The lowest BCUT2D eigenvalue weighted by Crippen LogP contribution is -2.49. The number of ether oxygens (including phenoxy) is 1. The Bertz CT molecular complexity index is 808. The summed E-state index contributed by atoms with van der Waals surface area (Å²) in [7, 11) is 0. The summed E-state index contributed by atoms with van der Waals surface area (Å²) >= 11 is 6.27. The molecule has 0 heterocycles. The lowest BCUT2D eigenvalue weighted by Gasteiger charge is -2.29. The molecule has 0 saturated heterocycles. The highest BCUT2D eigenvalue weighted by atomic mass is 35.5. The van der Waals surface area contributed by atoms with E-state index in [1.165, 1.54) is 10.5 Å². The molecule has 2 aromatic rings. The predicted molar refractivity (Wildman–Crippen MR) is 116 cm³/mol. The van der Waals surface area contributed by atoms with Crippen LogP contribution in [-0.2, 0) is 22.6 Å². The Labute approximate surface area is 178 Å². The van der Waals surface area contributed by atoms with Crippen LogP contribution in [0.15, 0.2) is 48.5 Å². The van der Waals surface area contributed by atoms with Crippen LogP contribution in [0.5, 0.6) is 5.75 Å². The van der Waals surface area contributed by atoms with E-state index in [2.05, 4.69) is 12.2 Å². The third-order valence-corrected chi connectivity index (χ3v) is 5.08. The second-order valence-electron chi connectivity index (χ2n) is 6.87. The first-order valence-corrected chi connectivity index (χ1v) is 10.4. The number of carbonyl (C=O) groups excluding carboxylic acids is 2. The summed E-state index contributed by atoms with van der Waals surface area (Å²) in [6.45, 7) is 6.43. The molecule has 2 aromatic carbocycles. The maximum Gasteiger partial charge on any atom is 0.261 e. The zero-order valence-electron chi connectivity index (χ0n) is 17.3. The molecule has 0 fully saturated rings. The Morgan fingerprint density at radius 1 is 1.10 bits per heavy atom. The van der Waals surface area contributed by atoms with Gasteiger partial charge in [-0.25, -0.2) is 0 Å². The van der Waals surface area contributed by atoms with E-state index in [0.29, 0.717) is 17.3 Å². The van der Waals surface area contributed by atoms with Crippen LogP contribution in [0.1, 0.15) is 38.3 Å². The number of halogens is 1. The predicted octanol–water partition coefficient (Wildman–Crippen LogP) is 4.22. The average Bonchev–Trinajstić information content (AvgIpc) is 2.75. The second kappa shape index (κ2) is 11.5. The number of aryl methyl sites for hydroxylation is 1. The first kappa shape index (κ1) is 22.8. The van der Waals surface area contributed by atoms with Gasteiger partial charge in [-0.3, -0.25) is 9.59 Å². The van der Waals surface area contributed by atoms with Crippen molar-refractivity contribution >= 4 is 23.4 Å². The molecule has 1 unspecified atom stereocenters. The van der Waals surface area contributed by atoms with Crippen LogP contribution in [-0.4, -0.2) is 35.9 Å². The molecule has 0 aliphatic carbocycles. The molecule has 5 nitrogen and oxygen atoms in total. The lowest BCUT2D eigenvalue weighted by molar-refractivity contribution is -0.142. The zero-order valence-corrected chi connectivity index (χ0v) is 18.0. The number of nitrogens with zero attached hydrogens (tertiary/aromatic N) is 1. The molecule has 1 N–H and O–H groups in total. The summed E-state index contributed by atoms with van der Waals surface area (Å²) in [5.41, 5.74) is 1.98. The average molecular weight is 417 g/mol. The van der Waals surface area contributed by atoms with Gasteiger partial charge >= 0.3 is 0 Å². The quantitative estimate of drug-likeness (QED) is 0.630. The van der Waals surface area contributed by atoms with Gasteiger partial charge in [0.05, 0.1) is 0 Å². The Morgan fingerprint density at radius 2 is 1.79 bits per heavy atom. The van der Waals surface area contributed by atoms with Crippen molar-refractivity contribution in [2.24, 2.45) is 0 Å². The monoisotopic (exact) mass is 416 g/mol. The largest absolute Gasteiger partial charge is 0.484 e. The standard InChI is InChI=1S/C23H29ClN2O3/c1-4-14-25-23(28)17(3)26(15-19-8-6-7-9-21(19)24)22(27)16-29-20-12-10-18(5-2)11-13-20/h6-13,17H,4-5,14-16H2,1-3H3,(H,25,28). The van der Waals surface area contributed by atoms with Gasteiger partial charge < -0.3 is 15.0 Å². The van der Waals surface area contributed by atoms with Crippen LogP contribution in [0.25, 0.3) is 0 Å². The van der Waals surface area contributed by atoms with Crippen LogP contribution in [0.3, 0.4) is 0 Å². The van der Waals surface area contributed by atoms with E-state index >= 15 is 0 Å². The number of amides is 2. The van der Waals surface area contributed by atoms with E-state index in [0.717, 1.165) is 18.4 Å². The van der Waals surface area contributed by atoms with Gasteiger partial charge in [0.15, 0.2) is 6.61 Å². The molecule has 2 amide bonds. The van der Waals surface area contributed by atoms with Crippen molar-refractivity contribution in [3.63, 3.8) is 0 Å². The molecule has 1 atom stereocenters. The van der Waals surface area contributed by atoms with Crippen LogP contribution >= 0.6 is 11.6 Å². The van der Waals surface area contributed by atoms with E-state index < -0.39 is 6.04 Å². The Morgan fingerprint density at radius 3 is 2.41 bits per heavy atom. The van der Waals surface area contributed by atoms with E-state index in [1.54, 1.807) is 13.0 Å². The van der Waals surface area contributed by atoms with E-state index in [9.17, 15) is 9.59 Å². The molecular formula is C23H29ClN2O3. The van der Waals surface area contributed by atoms with Gasteiger partial charge in [-0.1, -0.05) is 55.8 Å². The minimum atomic E-state index is -0.642. The number of carbonyl (C=O) groups is 2. The number of hydrogen-bond acceptors (Lipinski definition) is 3. The van der Waals surface area contributed by atoms with Gasteiger partial charge in [0, 0.05) is 18.1 Å². The fourth-order valence-electron chi connectivity index (χ4n) is 2.84. The van der Waals surface area contributed by atoms with Gasteiger partial charge in [-0.05, 0) is 49.1 Å². The molecule has 0 bridgehead atoms. The van der Waals surface area contributed by atoms with Crippen molar-refractivity contribution < 1.29 is 14.3 Å². The van der Waals surface area contributed by atoms with Gasteiger partial charge in [-0.2, -0.15) is 0 Å². The third kappa shape index (κ3) is 6.79. The highest BCUT2D eigenvalue weighted by Gasteiger charge is 2.26. The van der Waals surface area contributed by atoms with E-state index in [1.807, 2.05) is 49.4 Å². The summed E-state index contributed by atoms with van der Waals surface area (Å²) in [5.74, 6) is 0.152. The molecular weight excluding hydrogens is 388 g/mol. The number of rotatable bonds is 10. The van der Waals surface area contributed by atoms with Gasteiger partial charge in [-0.15, -0.1) is 0 Å². The first-order valence-electron chi connectivity index (χ1n) is 9.98. The molecule has 156 valence electrons. The molecule has 0 aliphatic rings. The summed E-state index contributed by atoms with van der Waals surface area (Å²) in [5, 5.41) is 3.41. The minimum absolute atomic E-state index is 0.151. The highest BCUT2D eigenvalue weighted by molar-refractivity contribution is 6.31. The van der Waals surface area contributed by atoms with Crippen molar-refractivity contribution in [2.45, 2.75) is 46.2 Å². The van der Waals surface area contributed by atoms with Crippen molar-refractivity contribution in [3.05, 3.63) is 64.7 Å². The first-order chi connectivity index (χ1) is 14.0. The van der Waals surface area contributed by atoms with E-state index in [4.69, 9.17) is 16.3 Å². The van der Waals surface area contributed by atoms with Crippen molar-refractivity contribution in [2.75, 3.05) is 13.2 Å². The van der Waals surface area contributed by atoms with Crippen LogP contribution in [0, 0.1) is 0 Å². The SMILES string of the molecule is CCCNC(=O)C(C)N(Cc1ccccc1Cl)C(=O)COc1ccc(CC)cc1. The Balaban J connectivity index is 2.12. The third-order valence-electron chi connectivity index (χ3n) is 4.71. The van der Waals surface area contributed by atoms with Crippen LogP contribution < -0.4 is 10.1 Å². The van der Waals surface area contributed by atoms with Crippen LogP contribution in [0.4, 0.5) is 0 Å². The molecule has 0 aromatic heterocycles. The normalized spacial score (nSPS) is 11.6. The molecule has 0 saturated carbocycles. The van der Waals surface area contributed by atoms with Crippen LogP contribution in [0.2, 0.25) is 5.02 Å². The maximum absolute atomic E-state index is 13.0. The second-order valence-corrected chi connectivity index (χ2v) is 7.27. The highest BCUT2D eigenvalue weighted by Crippen LogP contribution is 2.19. The smallest absolute Gasteiger partial charge is 0.261 e. The topological polar surface area (TPSA) is 58.6 Å². The van der Waals surface area contributed by atoms with Gasteiger partial charge in [0.25, 0.3) is 5.91 Å². The summed E-state index contributed by atoms with van der Waals surface area (Å²) in [6, 6.07) is 14.3. The number of benzene rings is 2. The minimum Gasteiger partial charge on any atom is -0.484 e. The molecule has 0 aliphatic heterocycles. The lowest BCUT2D eigenvalue weighted by atomic mass is 10.1.